The van der Waals surface area contributed by atoms with Gasteiger partial charge in [-0.15, -0.1) is 0 Å². The normalized spacial score (nSPS) is 12.1. The zero-order valence-electron chi connectivity index (χ0n) is 8.94. The maximum Gasteiger partial charge on any atom is 0.331 e. The van der Waals surface area contributed by atoms with E-state index in [9.17, 15) is 4.79 Å². The molecular weight excluding hydrogens is 188 g/mol. The van der Waals surface area contributed by atoms with Crippen LogP contribution < -0.4 is 0 Å². The van der Waals surface area contributed by atoms with Crippen molar-refractivity contribution in [2.45, 2.75) is 19.8 Å². The number of hydrogen-bond acceptors (Lipinski definition) is 1. The summed E-state index contributed by atoms with van der Waals surface area (Å²) >= 11 is 0. The lowest BCUT2D eigenvalue weighted by Crippen LogP contribution is -2.09. The third-order valence-corrected chi connectivity index (χ3v) is 2.58. The molecule has 0 fully saturated rings. The van der Waals surface area contributed by atoms with Crippen molar-refractivity contribution in [1.82, 2.24) is 0 Å². The van der Waals surface area contributed by atoms with Crippen molar-refractivity contribution in [3.63, 3.8) is 0 Å². The Morgan fingerprint density at radius 2 is 2.00 bits per heavy atom. The van der Waals surface area contributed by atoms with Crippen LogP contribution in [-0.2, 0) is 11.2 Å². The van der Waals surface area contributed by atoms with Gasteiger partial charge in [-0.05, 0) is 24.3 Å². The van der Waals surface area contributed by atoms with Crippen LogP contribution in [0.15, 0.2) is 42.5 Å². The van der Waals surface area contributed by atoms with Crippen molar-refractivity contribution in [3.8, 4) is 0 Å². The van der Waals surface area contributed by atoms with Gasteiger partial charge in [-0.3, -0.25) is 0 Å². The average Bonchev–Trinajstić information content (AvgIpc) is 2.26. The van der Waals surface area contributed by atoms with Crippen molar-refractivity contribution >= 4 is 5.97 Å². The van der Waals surface area contributed by atoms with Gasteiger partial charge in [0.05, 0.1) is 0 Å². The Labute approximate surface area is 90.3 Å². The summed E-state index contributed by atoms with van der Waals surface area (Å²) in [4.78, 5) is 10.7. The molecule has 0 aliphatic carbocycles. The Morgan fingerprint density at radius 3 is 2.53 bits per heavy atom. The monoisotopic (exact) mass is 204 g/mol. The Hall–Kier alpha value is -1.57. The molecule has 0 radical (unpaired) electrons. The van der Waals surface area contributed by atoms with Gasteiger partial charge in [0.15, 0.2) is 0 Å². The van der Waals surface area contributed by atoms with Gasteiger partial charge < -0.3 is 5.11 Å². The maximum atomic E-state index is 10.7. The van der Waals surface area contributed by atoms with E-state index in [1.54, 1.807) is 0 Å². The van der Waals surface area contributed by atoms with Crippen LogP contribution in [0.3, 0.4) is 0 Å². The fourth-order valence-electron chi connectivity index (χ4n) is 1.41. The van der Waals surface area contributed by atoms with E-state index in [2.05, 4.69) is 18.7 Å². The highest BCUT2D eigenvalue weighted by molar-refractivity contribution is 5.86. The third-order valence-electron chi connectivity index (χ3n) is 2.58. The van der Waals surface area contributed by atoms with Crippen LogP contribution in [0.1, 0.15) is 18.9 Å². The largest absolute Gasteiger partial charge is 0.478 e. The van der Waals surface area contributed by atoms with Crippen molar-refractivity contribution in [3.05, 3.63) is 48.0 Å². The Bertz CT molecular complexity index is 341. The van der Waals surface area contributed by atoms with E-state index in [1.165, 1.54) is 5.56 Å². The summed E-state index contributed by atoms with van der Waals surface area (Å²) in [6.45, 7) is 5.47. The highest BCUT2D eigenvalue weighted by Gasteiger charge is 2.12. The summed E-state index contributed by atoms with van der Waals surface area (Å²) < 4.78 is 0. The van der Waals surface area contributed by atoms with Gasteiger partial charge in [-0.1, -0.05) is 43.8 Å². The first kappa shape index (κ1) is 11.5. The predicted octanol–water partition coefficient (Wildman–Crippen LogP) is 2.90. The summed E-state index contributed by atoms with van der Waals surface area (Å²) in [5, 5.41) is 8.75. The molecule has 0 saturated carbocycles. The molecule has 0 aliphatic heterocycles. The van der Waals surface area contributed by atoms with Gasteiger partial charge in [0.25, 0.3) is 0 Å². The predicted molar refractivity (Wildman–Crippen MR) is 60.7 cm³/mol. The van der Waals surface area contributed by atoms with Gasteiger partial charge >= 0.3 is 5.97 Å². The van der Waals surface area contributed by atoms with Crippen molar-refractivity contribution in [2.24, 2.45) is 5.92 Å². The topological polar surface area (TPSA) is 37.3 Å². The van der Waals surface area contributed by atoms with E-state index < -0.39 is 5.97 Å². The third kappa shape index (κ3) is 3.58. The van der Waals surface area contributed by atoms with Crippen LogP contribution in [0.5, 0.6) is 0 Å². The molecule has 1 unspecified atom stereocenters. The Balaban J connectivity index is 2.44. The highest BCUT2D eigenvalue weighted by Crippen LogP contribution is 2.16. The summed E-state index contributed by atoms with van der Waals surface area (Å²) in [5.41, 5.74) is 1.54. The lowest BCUT2D eigenvalue weighted by atomic mass is 9.95. The van der Waals surface area contributed by atoms with Crippen LogP contribution in [0.25, 0.3) is 0 Å². The Kier molecular flexibility index (Phi) is 4.10. The first-order chi connectivity index (χ1) is 7.11. The molecule has 0 bridgehead atoms. The fraction of sp³-hybridized carbons (Fsp3) is 0.308. The van der Waals surface area contributed by atoms with E-state index in [1.807, 2.05) is 25.1 Å². The van der Waals surface area contributed by atoms with E-state index >= 15 is 0 Å². The van der Waals surface area contributed by atoms with Crippen LogP contribution >= 0.6 is 0 Å². The number of carbonyl (C=O) groups is 1. The zero-order chi connectivity index (χ0) is 11.3. The second-order valence-electron chi connectivity index (χ2n) is 3.76. The molecule has 0 heterocycles. The molecule has 15 heavy (non-hydrogen) atoms. The maximum absolute atomic E-state index is 10.7. The SMILES string of the molecule is C=C(C(=O)O)C(C)CCc1ccccc1. The number of hydrogen-bond donors (Lipinski definition) is 1. The standard InChI is InChI=1S/C13H16O2/c1-10(11(2)13(14)15)8-9-12-6-4-3-5-7-12/h3-7,10H,2,8-9H2,1H3,(H,14,15). The van der Waals surface area contributed by atoms with Gasteiger partial charge in [-0.25, -0.2) is 4.79 Å². The molecule has 1 N–H and O–H groups in total. The summed E-state index contributed by atoms with van der Waals surface area (Å²) in [5.74, 6) is -0.863. The number of carboxylic acids is 1. The fourth-order valence-corrected chi connectivity index (χ4v) is 1.41. The summed E-state index contributed by atoms with van der Waals surface area (Å²) in [6, 6.07) is 10.1. The number of aryl methyl sites for hydroxylation is 1. The molecular formula is C13H16O2. The molecule has 0 aliphatic rings. The second kappa shape index (κ2) is 5.35. The lowest BCUT2D eigenvalue weighted by Gasteiger charge is -2.10. The lowest BCUT2D eigenvalue weighted by molar-refractivity contribution is -0.133. The molecule has 2 nitrogen and oxygen atoms in total. The highest BCUT2D eigenvalue weighted by atomic mass is 16.4. The molecule has 0 amide bonds. The van der Waals surface area contributed by atoms with E-state index in [4.69, 9.17) is 5.11 Å². The van der Waals surface area contributed by atoms with Crippen molar-refractivity contribution < 1.29 is 9.90 Å². The minimum atomic E-state index is -0.893. The van der Waals surface area contributed by atoms with E-state index in [0.29, 0.717) is 5.57 Å². The molecule has 2 heteroatoms. The minimum Gasteiger partial charge on any atom is -0.478 e. The van der Waals surface area contributed by atoms with Crippen LogP contribution in [-0.4, -0.2) is 11.1 Å². The molecule has 80 valence electrons. The second-order valence-corrected chi connectivity index (χ2v) is 3.76. The molecule has 0 spiro atoms. The Morgan fingerprint density at radius 1 is 1.40 bits per heavy atom. The van der Waals surface area contributed by atoms with Crippen LogP contribution in [0, 0.1) is 5.92 Å². The van der Waals surface area contributed by atoms with Gasteiger partial charge in [0.1, 0.15) is 0 Å². The number of aliphatic carboxylic acids is 1. The quantitative estimate of drug-likeness (QED) is 0.749. The number of benzene rings is 1. The molecule has 1 aromatic rings. The van der Waals surface area contributed by atoms with Crippen LogP contribution in [0.2, 0.25) is 0 Å². The van der Waals surface area contributed by atoms with Crippen molar-refractivity contribution in [1.29, 1.82) is 0 Å². The smallest absolute Gasteiger partial charge is 0.331 e. The zero-order valence-corrected chi connectivity index (χ0v) is 8.94. The molecule has 1 atom stereocenters. The van der Waals surface area contributed by atoms with E-state index in [-0.39, 0.29) is 5.92 Å². The van der Waals surface area contributed by atoms with Gasteiger partial charge in [0.2, 0.25) is 0 Å². The first-order valence-electron chi connectivity index (χ1n) is 5.07. The molecule has 0 aromatic heterocycles. The van der Waals surface area contributed by atoms with E-state index in [0.717, 1.165) is 12.8 Å². The van der Waals surface area contributed by atoms with Crippen molar-refractivity contribution in [2.75, 3.05) is 0 Å². The van der Waals surface area contributed by atoms with Gasteiger partial charge in [-0.2, -0.15) is 0 Å². The molecule has 1 rings (SSSR count). The summed E-state index contributed by atoms with van der Waals surface area (Å²) in [7, 11) is 0. The van der Waals surface area contributed by atoms with Crippen LogP contribution in [0.4, 0.5) is 0 Å². The number of carboxylic acid groups (broad SMARTS) is 1. The van der Waals surface area contributed by atoms with Gasteiger partial charge in [0, 0.05) is 5.57 Å². The first-order valence-corrected chi connectivity index (χ1v) is 5.07. The number of rotatable bonds is 5. The summed E-state index contributed by atoms with van der Waals surface area (Å²) in [6.07, 6.45) is 1.73. The average molecular weight is 204 g/mol. The minimum absolute atomic E-state index is 0.0303. The molecule has 0 saturated heterocycles. The molecule has 1 aromatic carbocycles.